The van der Waals surface area contributed by atoms with E-state index in [2.05, 4.69) is 6.92 Å². The monoisotopic (exact) mass is 525 g/mol. The van der Waals surface area contributed by atoms with Gasteiger partial charge in [-0.3, -0.25) is 10.0 Å². The van der Waals surface area contributed by atoms with Crippen LogP contribution in [0.2, 0.25) is 0 Å². The molecule has 4 heteroatoms. The summed E-state index contributed by atoms with van der Waals surface area (Å²) in [7, 11) is 0. The van der Waals surface area contributed by atoms with Crippen LogP contribution in [0.5, 0.6) is 0 Å². The normalized spacial score (nSPS) is 11.3. The quantitative estimate of drug-likeness (QED) is 0.0311. The van der Waals surface area contributed by atoms with Crippen molar-refractivity contribution in [3.63, 3.8) is 0 Å². The van der Waals surface area contributed by atoms with Crippen molar-refractivity contribution in [1.82, 2.24) is 5.17 Å². The highest BCUT2D eigenvalue weighted by molar-refractivity contribution is 5.74. The molecule has 0 rings (SSSR count). The first-order valence-corrected chi connectivity index (χ1v) is 16.9. The van der Waals surface area contributed by atoms with Gasteiger partial charge in [0.2, 0.25) is 0 Å². The van der Waals surface area contributed by atoms with E-state index in [1.807, 2.05) is 0 Å². The predicted octanol–water partition coefficient (Wildman–Crippen LogP) is 11.2. The zero-order chi connectivity index (χ0) is 27.1. The lowest BCUT2D eigenvalue weighted by atomic mass is 10.0. The Morgan fingerprint density at radius 3 is 0.811 bits per heavy atom. The van der Waals surface area contributed by atoms with Crippen LogP contribution in [0, 0.1) is 0 Å². The van der Waals surface area contributed by atoms with Gasteiger partial charge in [0.05, 0.1) is 0 Å². The first-order valence-electron chi connectivity index (χ1n) is 16.9. The van der Waals surface area contributed by atoms with Crippen LogP contribution in [0.15, 0.2) is 0 Å². The average molecular weight is 525 g/mol. The lowest BCUT2D eigenvalue weighted by molar-refractivity contribution is -0.166. The Bertz CT molecular complexity index is 442. The molecule has 0 aliphatic rings. The molecule has 0 radical (unpaired) electrons. The fraction of sp³-hybridized carbons (Fsp3) is 0.970. The van der Waals surface area contributed by atoms with Crippen LogP contribution >= 0.6 is 0 Å². The number of nitrogens with two attached hydrogens (primary N) is 1. The molecule has 1 amide bonds. The second-order valence-corrected chi connectivity index (χ2v) is 11.7. The minimum Gasteiger partial charge on any atom is -0.271 e. The van der Waals surface area contributed by atoms with Gasteiger partial charge in [-0.1, -0.05) is 193 Å². The molecule has 0 spiro atoms. The minimum absolute atomic E-state index is 0.210. The molecule has 0 fully saturated rings. The third-order valence-corrected chi connectivity index (χ3v) is 8.00. The van der Waals surface area contributed by atoms with Gasteiger partial charge in [0.1, 0.15) is 0 Å². The van der Waals surface area contributed by atoms with Crippen LogP contribution in [0.3, 0.4) is 0 Å². The summed E-state index contributed by atoms with van der Waals surface area (Å²) in [4.78, 5) is 11.2. The Labute approximate surface area is 232 Å². The van der Waals surface area contributed by atoms with E-state index in [1.165, 1.54) is 180 Å². The highest BCUT2D eigenvalue weighted by Gasteiger charge is 2.05. The van der Waals surface area contributed by atoms with E-state index in [4.69, 9.17) is 11.0 Å². The van der Waals surface area contributed by atoms with Gasteiger partial charge in [-0.05, 0) is 6.42 Å². The standard InChI is InChI=1S/C33H68N2O2/c1-2-3-4-5-6-7-8-9-10-11-12-13-14-15-16-17-18-19-20-21-22-23-24-25-26-27-28-29-30-31-32-33(36)35(34)37/h37H,2-32,34H2,1H3. The topological polar surface area (TPSA) is 66.6 Å². The maximum Gasteiger partial charge on any atom is 0.260 e. The van der Waals surface area contributed by atoms with Gasteiger partial charge in [-0.15, -0.1) is 0 Å². The number of unbranched alkanes of at least 4 members (excludes halogenated alkanes) is 29. The van der Waals surface area contributed by atoms with Crippen LogP contribution in [0.1, 0.15) is 206 Å². The minimum atomic E-state index is -0.389. The zero-order valence-electron chi connectivity index (χ0n) is 25.3. The van der Waals surface area contributed by atoms with E-state index in [0.717, 1.165) is 12.8 Å². The molecule has 222 valence electrons. The van der Waals surface area contributed by atoms with Gasteiger partial charge in [-0.25, -0.2) is 5.84 Å². The molecule has 37 heavy (non-hydrogen) atoms. The molecule has 0 aliphatic heterocycles. The highest BCUT2D eigenvalue weighted by atomic mass is 16.5. The van der Waals surface area contributed by atoms with Gasteiger partial charge in [0, 0.05) is 6.42 Å². The molecule has 0 aliphatic carbocycles. The van der Waals surface area contributed by atoms with Crippen LogP contribution < -0.4 is 5.84 Å². The van der Waals surface area contributed by atoms with E-state index in [9.17, 15) is 4.79 Å². The largest absolute Gasteiger partial charge is 0.271 e. The van der Waals surface area contributed by atoms with E-state index in [-0.39, 0.29) is 11.1 Å². The first-order chi connectivity index (χ1) is 18.2. The average Bonchev–Trinajstić information content (AvgIpc) is 2.89. The highest BCUT2D eigenvalue weighted by Crippen LogP contribution is 2.16. The summed E-state index contributed by atoms with van der Waals surface area (Å²) in [5, 5.41) is 9.00. The molecule has 0 unspecified atom stereocenters. The molecular weight excluding hydrogens is 456 g/mol. The number of hydrazine groups is 1. The fourth-order valence-corrected chi connectivity index (χ4v) is 5.41. The number of hydrogen-bond acceptors (Lipinski definition) is 3. The Kier molecular flexibility index (Phi) is 31.1. The first kappa shape index (κ1) is 36.4. The van der Waals surface area contributed by atoms with Crippen molar-refractivity contribution in [3.8, 4) is 0 Å². The molecule has 0 bridgehead atoms. The maximum atomic E-state index is 11.2. The van der Waals surface area contributed by atoms with E-state index < -0.39 is 0 Å². The Balaban J connectivity index is 3.05. The van der Waals surface area contributed by atoms with Gasteiger partial charge in [-0.2, -0.15) is 5.17 Å². The van der Waals surface area contributed by atoms with Crippen molar-refractivity contribution >= 4 is 5.91 Å². The van der Waals surface area contributed by atoms with Crippen LogP contribution in [-0.2, 0) is 4.79 Å². The van der Waals surface area contributed by atoms with Crippen molar-refractivity contribution in [2.24, 2.45) is 5.84 Å². The number of rotatable bonds is 31. The second-order valence-electron chi connectivity index (χ2n) is 11.7. The zero-order valence-corrected chi connectivity index (χ0v) is 25.3. The third-order valence-electron chi connectivity index (χ3n) is 8.00. The Morgan fingerprint density at radius 1 is 0.432 bits per heavy atom. The Hall–Kier alpha value is -0.610. The van der Waals surface area contributed by atoms with Crippen LogP contribution in [0.25, 0.3) is 0 Å². The molecule has 0 aromatic rings. The van der Waals surface area contributed by atoms with Gasteiger partial charge < -0.3 is 0 Å². The van der Waals surface area contributed by atoms with Crippen molar-refractivity contribution < 1.29 is 10.0 Å². The summed E-state index contributed by atoms with van der Waals surface area (Å²) >= 11 is 0. The summed E-state index contributed by atoms with van der Waals surface area (Å²) in [6.07, 6.45) is 42.1. The smallest absolute Gasteiger partial charge is 0.260 e. The Morgan fingerprint density at radius 2 is 0.622 bits per heavy atom. The van der Waals surface area contributed by atoms with Crippen molar-refractivity contribution in [3.05, 3.63) is 0 Å². The summed E-state index contributed by atoms with van der Waals surface area (Å²) in [5.41, 5.74) is 0. The molecule has 0 saturated heterocycles. The van der Waals surface area contributed by atoms with Crippen LogP contribution in [-0.4, -0.2) is 16.3 Å². The van der Waals surface area contributed by atoms with Crippen molar-refractivity contribution in [1.29, 1.82) is 0 Å². The second kappa shape index (κ2) is 31.6. The summed E-state index contributed by atoms with van der Waals surface area (Å²) < 4.78 is 0. The summed E-state index contributed by atoms with van der Waals surface area (Å²) in [6, 6.07) is 0. The molecule has 0 aromatic carbocycles. The number of carbonyl (C=O) groups is 1. The molecule has 4 nitrogen and oxygen atoms in total. The van der Waals surface area contributed by atoms with Gasteiger partial charge >= 0.3 is 0 Å². The van der Waals surface area contributed by atoms with Crippen molar-refractivity contribution in [2.45, 2.75) is 206 Å². The molecular formula is C33H68N2O2. The van der Waals surface area contributed by atoms with Gasteiger partial charge in [0.15, 0.2) is 0 Å². The van der Waals surface area contributed by atoms with Crippen molar-refractivity contribution in [2.75, 3.05) is 0 Å². The SMILES string of the molecule is CCCCCCCCCCCCCCCCCCCCCCCCCCCCCCCCC(=O)N(N)O. The predicted molar refractivity (Wildman–Crippen MR) is 162 cm³/mol. The molecule has 0 saturated carbocycles. The van der Waals surface area contributed by atoms with E-state index in [1.54, 1.807) is 0 Å². The summed E-state index contributed by atoms with van der Waals surface area (Å²) in [6.45, 7) is 2.30. The van der Waals surface area contributed by atoms with Crippen LogP contribution in [0.4, 0.5) is 0 Å². The fourth-order valence-electron chi connectivity index (χ4n) is 5.41. The number of nitrogens with zero attached hydrogens (tertiary/aromatic N) is 1. The van der Waals surface area contributed by atoms with E-state index >= 15 is 0 Å². The number of carbonyl (C=O) groups excluding carboxylic acids is 1. The number of hydroxylamine groups is 1. The molecule has 0 atom stereocenters. The molecule has 0 heterocycles. The summed E-state index contributed by atoms with van der Waals surface area (Å²) in [5.74, 6) is 4.60. The maximum absolute atomic E-state index is 11.2. The number of hydrogen-bond donors (Lipinski definition) is 2. The lowest BCUT2D eigenvalue weighted by Crippen LogP contribution is -2.33. The van der Waals surface area contributed by atoms with E-state index in [0.29, 0.717) is 6.42 Å². The van der Waals surface area contributed by atoms with Gasteiger partial charge in [0.25, 0.3) is 5.91 Å². The molecule has 3 N–H and O–H groups in total. The third kappa shape index (κ3) is 31.5. The molecule has 0 aromatic heterocycles. The number of amides is 1. The lowest BCUT2D eigenvalue weighted by Gasteiger charge is -2.07.